The lowest BCUT2D eigenvalue weighted by Gasteiger charge is -2.06. The van der Waals surface area contributed by atoms with Crippen LogP contribution in [0.4, 0.5) is 0 Å². The lowest BCUT2D eigenvalue weighted by molar-refractivity contribution is -0.114. The SMILES string of the molecule is C=C(C)C(N)=O.NCCNCCNCCNCCN. The van der Waals surface area contributed by atoms with Gasteiger partial charge in [-0.2, -0.15) is 0 Å². The predicted molar refractivity (Wildman–Crippen MR) is 80.7 cm³/mol. The first-order valence-electron chi connectivity index (χ1n) is 6.53. The summed E-state index contributed by atoms with van der Waals surface area (Å²) in [6.45, 7) is 12.0. The third-order valence-corrected chi connectivity index (χ3v) is 2.02. The topological polar surface area (TPSA) is 131 Å². The first-order chi connectivity index (χ1) is 9.06. The molecule has 19 heavy (non-hydrogen) atoms. The van der Waals surface area contributed by atoms with Gasteiger partial charge in [-0.1, -0.05) is 6.58 Å². The molecular formula is C12H30N6O. The van der Waals surface area contributed by atoms with Crippen molar-refractivity contribution in [3.8, 4) is 0 Å². The van der Waals surface area contributed by atoms with Crippen molar-refractivity contribution in [2.75, 3.05) is 52.4 Å². The number of hydrogen-bond donors (Lipinski definition) is 6. The highest BCUT2D eigenvalue weighted by Gasteiger charge is 1.87. The molecule has 0 fully saturated rings. The number of nitrogens with two attached hydrogens (primary N) is 3. The minimum Gasteiger partial charge on any atom is -0.366 e. The van der Waals surface area contributed by atoms with Gasteiger partial charge < -0.3 is 33.2 Å². The van der Waals surface area contributed by atoms with E-state index in [4.69, 9.17) is 17.2 Å². The van der Waals surface area contributed by atoms with Crippen LogP contribution < -0.4 is 33.2 Å². The Morgan fingerprint density at radius 3 is 1.37 bits per heavy atom. The van der Waals surface area contributed by atoms with Gasteiger partial charge >= 0.3 is 0 Å². The monoisotopic (exact) mass is 274 g/mol. The molecule has 7 nitrogen and oxygen atoms in total. The van der Waals surface area contributed by atoms with Crippen molar-refractivity contribution in [2.45, 2.75) is 6.92 Å². The Kier molecular flexibility index (Phi) is 18.2. The second kappa shape index (κ2) is 17.0. The molecule has 0 aliphatic heterocycles. The Hall–Kier alpha value is -0.990. The van der Waals surface area contributed by atoms with Crippen molar-refractivity contribution in [3.63, 3.8) is 0 Å². The van der Waals surface area contributed by atoms with Gasteiger partial charge in [-0.05, 0) is 6.92 Å². The Labute approximate surface area is 116 Å². The van der Waals surface area contributed by atoms with Crippen molar-refractivity contribution >= 4 is 5.91 Å². The van der Waals surface area contributed by atoms with Gasteiger partial charge in [0.2, 0.25) is 5.91 Å². The van der Waals surface area contributed by atoms with E-state index in [1.807, 2.05) is 0 Å². The fraction of sp³-hybridized carbons (Fsp3) is 0.750. The van der Waals surface area contributed by atoms with Crippen LogP contribution in [-0.4, -0.2) is 58.3 Å². The first kappa shape index (κ1) is 20.3. The zero-order valence-corrected chi connectivity index (χ0v) is 12.0. The normalized spacial score (nSPS) is 9.63. The molecule has 0 aromatic heterocycles. The van der Waals surface area contributed by atoms with E-state index >= 15 is 0 Å². The Morgan fingerprint density at radius 2 is 1.16 bits per heavy atom. The molecule has 0 saturated heterocycles. The third-order valence-electron chi connectivity index (χ3n) is 2.02. The van der Waals surface area contributed by atoms with Crippen LogP contribution in [0.15, 0.2) is 12.2 Å². The maximum absolute atomic E-state index is 9.82. The standard InChI is InChI=1S/C8H23N5.C4H7NO/c9-1-3-11-5-7-13-8-6-12-4-2-10;1-3(2)4(5)6/h11-13H,1-10H2;1H2,2H3,(H2,5,6). The molecule has 9 N–H and O–H groups in total. The summed E-state index contributed by atoms with van der Waals surface area (Å²) in [6.07, 6.45) is 0. The maximum atomic E-state index is 9.82. The lowest BCUT2D eigenvalue weighted by Crippen LogP contribution is -2.35. The molecule has 0 rings (SSSR count). The van der Waals surface area contributed by atoms with Gasteiger partial charge in [0.25, 0.3) is 0 Å². The summed E-state index contributed by atoms with van der Waals surface area (Å²) in [4.78, 5) is 9.82. The molecule has 0 bridgehead atoms. The van der Waals surface area contributed by atoms with Crippen LogP contribution in [0.1, 0.15) is 6.92 Å². The summed E-state index contributed by atoms with van der Waals surface area (Å²) in [6, 6.07) is 0. The zero-order chi connectivity index (χ0) is 14.9. The van der Waals surface area contributed by atoms with Crippen molar-refractivity contribution < 1.29 is 4.79 Å². The molecule has 0 aromatic rings. The predicted octanol–water partition coefficient (Wildman–Crippen LogP) is -2.28. The quantitative estimate of drug-likeness (QED) is 0.186. The van der Waals surface area contributed by atoms with Crippen LogP contribution in [0.2, 0.25) is 0 Å². The third kappa shape index (κ3) is 22.6. The van der Waals surface area contributed by atoms with Crippen LogP contribution >= 0.6 is 0 Å². The largest absolute Gasteiger partial charge is 0.366 e. The molecule has 0 aliphatic rings. The Balaban J connectivity index is 0. The van der Waals surface area contributed by atoms with Crippen molar-refractivity contribution in [1.29, 1.82) is 0 Å². The molecule has 0 spiro atoms. The smallest absolute Gasteiger partial charge is 0.243 e. The summed E-state index contributed by atoms with van der Waals surface area (Å²) in [5.41, 5.74) is 15.7. The van der Waals surface area contributed by atoms with E-state index in [0.29, 0.717) is 18.7 Å². The fourth-order valence-electron chi connectivity index (χ4n) is 0.933. The summed E-state index contributed by atoms with van der Waals surface area (Å²) >= 11 is 0. The van der Waals surface area contributed by atoms with E-state index in [-0.39, 0.29) is 0 Å². The van der Waals surface area contributed by atoms with E-state index in [1.165, 1.54) is 0 Å². The minimum absolute atomic E-state index is 0.398. The Bertz CT molecular complexity index is 200. The highest BCUT2D eigenvalue weighted by atomic mass is 16.1. The van der Waals surface area contributed by atoms with Gasteiger partial charge in [-0.25, -0.2) is 0 Å². The number of nitrogens with one attached hydrogen (secondary N) is 3. The fourth-order valence-corrected chi connectivity index (χ4v) is 0.933. The minimum atomic E-state index is -0.435. The van der Waals surface area contributed by atoms with Gasteiger partial charge in [0, 0.05) is 57.9 Å². The number of amides is 1. The number of carbonyl (C=O) groups is 1. The average molecular weight is 274 g/mol. The van der Waals surface area contributed by atoms with E-state index in [9.17, 15) is 4.79 Å². The van der Waals surface area contributed by atoms with E-state index in [2.05, 4.69) is 22.5 Å². The molecule has 0 unspecified atom stereocenters. The van der Waals surface area contributed by atoms with Gasteiger partial charge in [-0.15, -0.1) is 0 Å². The highest BCUT2D eigenvalue weighted by molar-refractivity contribution is 5.90. The van der Waals surface area contributed by atoms with Crippen molar-refractivity contribution in [1.82, 2.24) is 16.0 Å². The van der Waals surface area contributed by atoms with Gasteiger partial charge in [0.05, 0.1) is 0 Å². The van der Waals surface area contributed by atoms with Crippen LogP contribution in [0.25, 0.3) is 0 Å². The lowest BCUT2D eigenvalue weighted by atomic mass is 10.3. The molecule has 0 radical (unpaired) electrons. The van der Waals surface area contributed by atoms with Crippen LogP contribution in [-0.2, 0) is 4.79 Å². The molecule has 0 atom stereocenters. The highest BCUT2D eigenvalue weighted by Crippen LogP contribution is 1.78. The number of carbonyl (C=O) groups excluding carboxylic acids is 1. The molecule has 0 aromatic carbocycles. The van der Waals surface area contributed by atoms with Crippen LogP contribution in [0.3, 0.4) is 0 Å². The first-order valence-corrected chi connectivity index (χ1v) is 6.53. The van der Waals surface area contributed by atoms with Gasteiger partial charge in [0.1, 0.15) is 0 Å². The molecule has 1 amide bonds. The van der Waals surface area contributed by atoms with Crippen LogP contribution in [0.5, 0.6) is 0 Å². The molecule has 7 heteroatoms. The van der Waals surface area contributed by atoms with E-state index < -0.39 is 5.91 Å². The average Bonchev–Trinajstić information content (AvgIpc) is 2.37. The molecule has 0 saturated carbocycles. The summed E-state index contributed by atoms with van der Waals surface area (Å²) in [7, 11) is 0. The van der Waals surface area contributed by atoms with E-state index in [0.717, 1.165) is 39.3 Å². The van der Waals surface area contributed by atoms with Crippen molar-refractivity contribution in [2.24, 2.45) is 17.2 Å². The summed E-state index contributed by atoms with van der Waals surface area (Å²) in [5, 5.41) is 9.71. The molecule has 114 valence electrons. The van der Waals surface area contributed by atoms with Gasteiger partial charge in [-0.3, -0.25) is 4.79 Å². The molecule has 0 heterocycles. The van der Waals surface area contributed by atoms with Gasteiger partial charge in [0.15, 0.2) is 0 Å². The van der Waals surface area contributed by atoms with E-state index in [1.54, 1.807) is 6.92 Å². The summed E-state index contributed by atoms with van der Waals surface area (Å²) < 4.78 is 0. The maximum Gasteiger partial charge on any atom is 0.243 e. The second-order valence-corrected chi connectivity index (χ2v) is 3.97. The zero-order valence-electron chi connectivity index (χ0n) is 12.0. The van der Waals surface area contributed by atoms with Crippen LogP contribution in [0, 0.1) is 0 Å². The van der Waals surface area contributed by atoms with Crippen molar-refractivity contribution in [3.05, 3.63) is 12.2 Å². The summed E-state index contributed by atoms with van der Waals surface area (Å²) in [5.74, 6) is -0.435. The number of hydrogen-bond acceptors (Lipinski definition) is 6. The second-order valence-electron chi connectivity index (χ2n) is 3.97. The number of rotatable bonds is 11. The molecular weight excluding hydrogens is 244 g/mol. The molecule has 0 aliphatic carbocycles. The number of primary amides is 1. The Morgan fingerprint density at radius 1 is 0.895 bits per heavy atom.